The van der Waals surface area contributed by atoms with Crippen LogP contribution in [-0.2, 0) is 14.6 Å². The molecule has 0 radical (unpaired) electrons. The Kier molecular flexibility index (Phi) is 18.8. The Bertz CT molecular complexity index is 412. The van der Waals surface area contributed by atoms with Gasteiger partial charge in [-0.15, -0.1) is 0 Å². The maximum absolute atomic E-state index is 10.4. The van der Waals surface area contributed by atoms with Gasteiger partial charge in [-0.2, -0.15) is 0 Å². The standard InChI is InChI=1S/C20H42O4S.Na/c1-17(2)9-6-10-18(3)11-7-12-19(4)13-8-14-20(5)15-16-24-25(21,22)23;/h17-20H,6-16H2,1-5H3,(H,21,22,23);/q;+1/p-1/t18-,19-,20+;/m1./s1. The summed E-state index contributed by atoms with van der Waals surface area (Å²) >= 11 is 0. The van der Waals surface area contributed by atoms with E-state index in [0.29, 0.717) is 12.3 Å². The molecule has 0 aliphatic heterocycles. The fourth-order valence-corrected chi connectivity index (χ4v) is 3.59. The molecule has 0 amide bonds. The zero-order valence-electron chi connectivity index (χ0n) is 18.1. The monoisotopic (exact) mass is 400 g/mol. The fourth-order valence-electron chi connectivity index (χ4n) is 3.29. The second kappa shape index (κ2) is 16.8. The van der Waals surface area contributed by atoms with Gasteiger partial charge in [-0.05, 0) is 30.1 Å². The van der Waals surface area contributed by atoms with Gasteiger partial charge in [-0.1, -0.05) is 92.4 Å². The molecular formula is C20H41NaO4S. The van der Waals surface area contributed by atoms with Crippen LogP contribution in [0.2, 0.25) is 0 Å². The molecule has 0 aliphatic rings. The van der Waals surface area contributed by atoms with Gasteiger partial charge in [-0.25, -0.2) is 8.42 Å². The molecule has 0 rings (SSSR count). The van der Waals surface area contributed by atoms with E-state index in [1.165, 1.54) is 44.9 Å². The van der Waals surface area contributed by atoms with Crippen LogP contribution in [0.15, 0.2) is 0 Å². The molecule has 26 heavy (non-hydrogen) atoms. The van der Waals surface area contributed by atoms with Crippen molar-refractivity contribution >= 4 is 10.4 Å². The first-order chi connectivity index (χ1) is 11.6. The van der Waals surface area contributed by atoms with Crippen LogP contribution >= 0.6 is 0 Å². The van der Waals surface area contributed by atoms with Crippen molar-refractivity contribution in [2.75, 3.05) is 6.61 Å². The predicted octanol–water partition coefficient (Wildman–Crippen LogP) is 2.93. The minimum Gasteiger partial charge on any atom is -0.726 e. The van der Waals surface area contributed by atoms with Crippen molar-refractivity contribution < 1.29 is 46.7 Å². The first kappa shape index (κ1) is 29.1. The fraction of sp³-hybridized carbons (Fsp3) is 1.00. The van der Waals surface area contributed by atoms with E-state index in [1.54, 1.807) is 0 Å². The third-order valence-electron chi connectivity index (χ3n) is 5.10. The normalized spacial score (nSPS) is 15.5. The number of rotatable bonds is 16. The molecule has 4 nitrogen and oxygen atoms in total. The molecule has 0 saturated carbocycles. The molecule has 0 aromatic rings. The quantitative estimate of drug-likeness (QED) is 0.227. The Morgan fingerprint density at radius 2 is 1.04 bits per heavy atom. The molecule has 0 unspecified atom stereocenters. The molecule has 0 aliphatic carbocycles. The van der Waals surface area contributed by atoms with Crippen molar-refractivity contribution in [3.8, 4) is 0 Å². The van der Waals surface area contributed by atoms with E-state index in [2.05, 4.69) is 38.8 Å². The van der Waals surface area contributed by atoms with Gasteiger partial charge in [0.2, 0.25) is 10.4 Å². The molecule has 0 saturated heterocycles. The second-order valence-electron chi connectivity index (χ2n) is 8.52. The van der Waals surface area contributed by atoms with Gasteiger partial charge in [0.05, 0.1) is 6.61 Å². The van der Waals surface area contributed by atoms with Crippen LogP contribution in [0.3, 0.4) is 0 Å². The van der Waals surface area contributed by atoms with Crippen LogP contribution in [-0.4, -0.2) is 19.6 Å². The van der Waals surface area contributed by atoms with Crippen LogP contribution < -0.4 is 29.6 Å². The summed E-state index contributed by atoms with van der Waals surface area (Å²) in [6.45, 7) is 11.4. The zero-order chi connectivity index (χ0) is 19.3. The molecule has 0 aromatic carbocycles. The Hall–Kier alpha value is 0.870. The van der Waals surface area contributed by atoms with Crippen molar-refractivity contribution in [1.82, 2.24) is 0 Å². The minimum absolute atomic E-state index is 0. The topological polar surface area (TPSA) is 66.4 Å². The van der Waals surface area contributed by atoms with E-state index < -0.39 is 10.4 Å². The minimum atomic E-state index is -4.53. The Morgan fingerprint density at radius 3 is 1.38 bits per heavy atom. The predicted molar refractivity (Wildman–Crippen MR) is 104 cm³/mol. The van der Waals surface area contributed by atoms with Gasteiger partial charge in [0.1, 0.15) is 0 Å². The largest absolute Gasteiger partial charge is 1.00 e. The first-order valence-corrected chi connectivity index (χ1v) is 11.5. The van der Waals surface area contributed by atoms with E-state index in [4.69, 9.17) is 0 Å². The second-order valence-corrected chi connectivity index (χ2v) is 9.57. The Balaban J connectivity index is 0. The molecule has 0 fully saturated rings. The SMILES string of the molecule is CC(C)CCC[C@@H](C)CCC[C@@H](C)CCC[C@H](C)CCOS(=O)(=O)[O-].[Na+]. The van der Waals surface area contributed by atoms with Crippen molar-refractivity contribution in [3.63, 3.8) is 0 Å². The molecule has 0 bridgehead atoms. The molecule has 0 aromatic heterocycles. The number of hydrogen-bond donors (Lipinski definition) is 0. The van der Waals surface area contributed by atoms with Crippen LogP contribution in [0.4, 0.5) is 0 Å². The maximum atomic E-state index is 10.4. The van der Waals surface area contributed by atoms with Gasteiger partial charge < -0.3 is 4.55 Å². The van der Waals surface area contributed by atoms with Gasteiger partial charge in [0.15, 0.2) is 0 Å². The van der Waals surface area contributed by atoms with Crippen LogP contribution in [0.5, 0.6) is 0 Å². The van der Waals surface area contributed by atoms with E-state index in [-0.39, 0.29) is 36.2 Å². The van der Waals surface area contributed by atoms with E-state index in [1.807, 2.05) is 0 Å². The molecule has 152 valence electrons. The smallest absolute Gasteiger partial charge is 0.726 e. The molecule has 0 N–H and O–H groups in total. The summed E-state index contributed by atoms with van der Waals surface area (Å²) in [4.78, 5) is 0. The summed E-state index contributed by atoms with van der Waals surface area (Å²) in [5.41, 5.74) is 0. The molecular weight excluding hydrogens is 359 g/mol. The third-order valence-corrected chi connectivity index (χ3v) is 5.56. The molecule has 6 heteroatoms. The Morgan fingerprint density at radius 1 is 0.692 bits per heavy atom. The van der Waals surface area contributed by atoms with Gasteiger partial charge in [-0.3, -0.25) is 4.18 Å². The average Bonchev–Trinajstić information content (AvgIpc) is 2.45. The van der Waals surface area contributed by atoms with E-state index in [9.17, 15) is 13.0 Å². The van der Waals surface area contributed by atoms with Gasteiger partial charge in [0.25, 0.3) is 0 Å². The van der Waals surface area contributed by atoms with Crippen LogP contribution in [0, 0.1) is 23.7 Å². The molecule has 0 spiro atoms. The average molecular weight is 401 g/mol. The third kappa shape index (κ3) is 21.2. The van der Waals surface area contributed by atoms with Crippen molar-refractivity contribution in [3.05, 3.63) is 0 Å². The van der Waals surface area contributed by atoms with Gasteiger partial charge >= 0.3 is 29.6 Å². The van der Waals surface area contributed by atoms with Gasteiger partial charge in [0, 0.05) is 0 Å². The van der Waals surface area contributed by atoms with Crippen molar-refractivity contribution in [2.24, 2.45) is 23.7 Å². The maximum Gasteiger partial charge on any atom is 1.00 e. The summed E-state index contributed by atoms with van der Waals surface area (Å²) < 4.78 is 35.4. The summed E-state index contributed by atoms with van der Waals surface area (Å²) in [5, 5.41) is 0. The van der Waals surface area contributed by atoms with Crippen molar-refractivity contribution in [1.29, 1.82) is 0 Å². The Labute approximate surface area is 185 Å². The summed E-state index contributed by atoms with van der Waals surface area (Å²) in [7, 11) is -4.53. The first-order valence-electron chi connectivity index (χ1n) is 10.2. The van der Waals surface area contributed by atoms with Crippen LogP contribution in [0.1, 0.15) is 98.8 Å². The van der Waals surface area contributed by atoms with Crippen molar-refractivity contribution in [2.45, 2.75) is 98.8 Å². The number of hydrogen-bond acceptors (Lipinski definition) is 4. The zero-order valence-corrected chi connectivity index (χ0v) is 20.9. The van der Waals surface area contributed by atoms with E-state index >= 15 is 0 Å². The van der Waals surface area contributed by atoms with Crippen LogP contribution in [0.25, 0.3) is 0 Å². The summed E-state index contributed by atoms with van der Waals surface area (Å²) in [6, 6.07) is 0. The molecule has 0 heterocycles. The summed E-state index contributed by atoms with van der Waals surface area (Å²) in [5.74, 6) is 2.83. The molecule has 3 atom stereocenters. The van der Waals surface area contributed by atoms with E-state index in [0.717, 1.165) is 30.6 Å². The summed E-state index contributed by atoms with van der Waals surface area (Å²) in [6.07, 6.45) is 12.2.